The number of carbonyl (C=O) groups excluding carboxylic acids is 1. The number of rotatable bonds is 6. The van der Waals surface area contributed by atoms with E-state index in [1.54, 1.807) is 0 Å². The van der Waals surface area contributed by atoms with Crippen LogP contribution in [0.3, 0.4) is 0 Å². The second-order valence-corrected chi connectivity index (χ2v) is 5.61. The van der Waals surface area contributed by atoms with Crippen LogP contribution in [-0.2, 0) is 9.53 Å². The number of ether oxygens (including phenoxy) is 1. The van der Waals surface area contributed by atoms with Crippen LogP contribution in [0.15, 0.2) is 29.6 Å². The zero-order valence-corrected chi connectivity index (χ0v) is 12.6. The molecule has 0 amide bonds. The maximum atomic E-state index is 11.7. The zero-order valence-electron chi connectivity index (χ0n) is 11.7. The van der Waals surface area contributed by atoms with Gasteiger partial charge in [-0.1, -0.05) is 31.7 Å². The maximum absolute atomic E-state index is 11.7. The van der Waals surface area contributed by atoms with Crippen molar-refractivity contribution < 1.29 is 9.53 Å². The Labute approximate surface area is 121 Å². The number of hydrogen-bond donors (Lipinski definition) is 1. The first kappa shape index (κ1) is 14.8. The Morgan fingerprint density at radius 2 is 2.25 bits per heavy atom. The lowest BCUT2D eigenvalue weighted by Gasteiger charge is -2.18. The van der Waals surface area contributed by atoms with Crippen LogP contribution in [-0.4, -0.2) is 45.5 Å². The summed E-state index contributed by atoms with van der Waals surface area (Å²) in [6, 6.07) is 5.57. The summed E-state index contributed by atoms with van der Waals surface area (Å²) in [4.78, 5) is 11.7. The SMILES string of the molecule is COC(=O)C(CSc1nnc2ccccn12)NC(C)C. The second kappa shape index (κ2) is 6.71. The highest BCUT2D eigenvalue weighted by atomic mass is 32.2. The smallest absolute Gasteiger partial charge is 0.323 e. The summed E-state index contributed by atoms with van der Waals surface area (Å²) in [7, 11) is 1.40. The van der Waals surface area contributed by atoms with E-state index >= 15 is 0 Å². The molecule has 2 aromatic heterocycles. The lowest BCUT2D eigenvalue weighted by molar-refractivity contribution is -0.142. The third kappa shape index (κ3) is 3.49. The van der Waals surface area contributed by atoms with Crippen molar-refractivity contribution in [3.63, 3.8) is 0 Å². The molecule has 1 atom stereocenters. The maximum Gasteiger partial charge on any atom is 0.323 e. The van der Waals surface area contributed by atoms with E-state index in [0.29, 0.717) is 5.75 Å². The van der Waals surface area contributed by atoms with Crippen LogP contribution < -0.4 is 5.32 Å². The average molecular weight is 294 g/mol. The Hall–Kier alpha value is -1.60. The normalized spacial score (nSPS) is 12.8. The molecule has 2 heterocycles. The third-order valence-corrected chi connectivity index (χ3v) is 3.72. The minimum absolute atomic E-state index is 0.204. The van der Waals surface area contributed by atoms with E-state index < -0.39 is 0 Å². The topological polar surface area (TPSA) is 68.5 Å². The number of nitrogens with zero attached hydrogens (tertiary/aromatic N) is 3. The van der Waals surface area contributed by atoms with Crippen LogP contribution in [0.1, 0.15) is 13.8 Å². The molecule has 0 aliphatic carbocycles. The molecule has 2 rings (SSSR count). The predicted octanol–water partition coefficient (Wildman–Crippen LogP) is 1.36. The standard InChI is InChI=1S/C13H18N4O2S/c1-9(2)14-10(12(18)19-3)8-20-13-16-15-11-6-4-5-7-17(11)13/h4-7,9-10,14H,8H2,1-3H3. The number of hydrogen-bond acceptors (Lipinski definition) is 6. The highest BCUT2D eigenvalue weighted by molar-refractivity contribution is 7.99. The van der Waals surface area contributed by atoms with Gasteiger partial charge in [-0.15, -0.1) is 10.2 Å². The van der Waals surface area contributed by atoms with Crippen LogP contribution in [0.2, 0.25) is 0 Å². The van der Waals surface area contributed by atoms with Gasteiger partial charge in [0, 0.05) is 18.0 Å². The summed E-state index contributed by atoms with van der Waals surface area (Å²) < 4.78 is 6.71. The van der Waals surface area contributed by atoms with Crippen molar-refractivity contribution >= 4 is 23.4 Å². The Bertz CT molecular complexity index is 585. The minimum atomic E-state index is -0.360. The number of thioether (sulfide) groups is 1. The van der Waals surface area contributed by atoms with Gasteiger partial charge in [-0.3, -0.25) is 9.20 Å². The number of aromatic nitrogens is 3. The molecule has 7 heteroatoms. The number of pyridine rings is 1. The van der Waals surface area contributed by atoms with Crippen LogP contribution in [0.25, 0.3) is 5.65 Å². The monoisotopic (exact) mass is 294 g/mol. The molecule has 0 saturated carbocycles. The minimum Gasteiger partial charge on any atom is -0.468 e. The van der Waals surface area contributed by atoms with Crippen molar-refractivity contribution in [3.8, 4) is 0 Å². The molecule has 0 spiro atoms. The Morgan fingerprint density at radius 1 is 1.45 bits per heavy atom. The van der Waals surface area contributed by atoms with E-state index in [-0.39, 0.29) is 18.1 Å². The summed E-state index contributed by atoms with van der Waals surface area (Å²) in [6.45, 7) is 3.99. The Balaban J connectivity index is 2.06. The number of nitrogens with one attached hydrogen (secondary N) is 1. The van der Waals surface area contributed by atoms with E-state index in [4.69, 9.17) is 4.74 Å². The molecule has 1 N–H and O–H groups in total. The quantitative estimate of drug-likeness (QED) is 0.641. The van der Waals surface area contributed by atoms with Gasteiger partial charge in [-0.25, -0.2) is 0 Å². The van der Waals surface area contributed by atoms with Crippen molar-refractivity contribution in [1.29, 1.82) is 0 Å². The van der Waals surface area contributed by atoms with Gasteiger partial charge in [-0.2, -0.15) is 0 Å². The molecule has 0 saturated heterocycles. The lowest BCUT2D eigenvalue weighted by Crippen LogP contribution is -2.43. The first-order valence-electron chi connectivity index (χ1n) is 6.38. The van der Waals surface area contributed by atoms with E-state index in [1.165, 1.54) is 18.9 Å². The molecule has 0 bridgehead atoms. The number of esters is 1. The van der Waals surface area contributed by atoms with E-state index in [9.17, 15) is 4.79 Å². The fourth-order valence-electron chi connectivity index (χ4n) is 1.80. The molecule has 0 aliphatic rings. The third-order valence-electron chi connectivity index (χ3n) is 2.68. The number of fused-ring (bicyclic) bond motifs is 1. The summed E-state index contributed by atoms with van der Waals surface area (Å²) >= 11 is 1.48. The molecule has 20 heavy (non-hydrogen) atoms. The summed E-state index contributed by atoms with van der Waals surface area (Å²) in [5.74, 6) is 0.278. The Morgan fingerprint density at radius 3 is 2.95 bits per heavy atom. The predicted molar refractivity (Wildman–Crippen MR) is 77.8 cm³/mol. The Kier molecular flexibility index (Phi) is 4.97. The van der Waals surface area contributed by atoms with Gasteiger partial charge in [0.15, 0.2) is 10.8 Å². The van der Waals surface area contributed by atoms with Crippen LogP contribution in [0.5, 0.6) is 0 Å². The molecule has 108 valence electrons. The summed E-state index contributed by atoms with van der Waals surface area (Å²) in [5.41, 5.74) is 0.793. The van der Waals surface area contributed by atoms with E-state index in [0.717, 1.165) is 10.8 Å². The van der Waals surface area contributed by atoms with Crippen molar-refractivity contribution in [2.24, 2.45) is 0 Å². The van der Waals surface area contributed by atoms with E-state index in [2.05, 4.69) is 15.5 Å². The highest BCUT2D eigenvalue weighted by Crippen LogP contribution is 2.18. The van der Waals surface area contributed by atoms with E-state index in [1.807, 2.05) is 42.6 Å². The van der Waals surface area contributed by atoms with Gasteiger partial charge in [0.2, 0.25) is 0 Å². The first-order chi connectivity index (χ1) is 9.61. The molecule has 0 aromatic carbocycles. The second-order valence-electron chi connectivity index (χ2n) is 4.62. The molecule has 0 fully saturated rings. The van der Waals surface area contributed by atoms with Crippen molar-refractivity contribution in [2.45, 2.75) is 31.1 Å². The fourth-order valence-corrected chi connectivity index (χ4v) is 2.74. The van der Waals surface area contributed by atoms with Crippen LogP contribution in [0.4, 0.5) is 0 Å². The molecule has 0 radical (unpaired) electrons. The van der Waals surface area contributed by atoms with Gasteiger partial charge in [-0.05, 0) is 12.1 Å². The fraction of sp³-hybridized carbons (Fsp3) is 0.462. The molecule has 6 nitrogen and oxygen atoms in total. The van der Waals surface area contributed by atoms with Crippen LogP contribution in [0, 0.1) is 0 Å². The lowest BCUT2D eigenvalue weighted by atomic mass is 10.3. The zero-order chi connectivity index (χ0) is 14.5. The highest BCUT2D eigenvalue weighted by Gasteiger charge is 2.21. The molecular formula is C13H18N4O2S. The molecule has 0 aliphatic heterocycles. The van der Waals surface area contributed by atoms with Crippen molar-refractivity contribution in [3.05, 3.63) is 24.4 Å². The summed E-state index contributed by atoms with van der Waals surface area (Å²) in [6.07, 6.45) is 1.90. The first-order valence-corrected chi connectivity index (χ1v) is 7.37. The van der Waals surface area contributed by atoms with Gasteiger partial charge >= 0.3 is 5.97 Å². The molecular weight excluding hydrogens is 276 g/mol. The van der Waals surface area contributed by atoms with Gasteiger partial charge < -0.3 is 10.1 Å². The van der Waals surface area contributed by atoms with Crippen LogP contribution >= 0.6 is 11.8 Å². The van der Waals surface area contributed by atoms with Gasteiger partial charge in [0.1, 0.15) is 6.04 Å². The van der Waals surface area contributed by atoms with Gasteiger partial charge in [0.25, 0.3) is 0 Å². The molecule has 1 unspecified atom stereocenters. The largest absolute Gasteiger partial charge is 0.468 e. The average Bonchev–Trinajstić information content (AvgIpc) is 2.85. The van der Waals surface area contributed by atoms with Gasteiger partial charge in [0.05, 0.1) is 7.11 Å². The number of methoxy groups -OCH3 is 1. The number of carbonyl (C=O) groups is 1. The van der Waals surface area contributed by atoms with Crippen molar-refractivity contribution in [1.82, 2.24) is 19.9 Å². The summed E-state index contributed by atoms with van der Waals surface area (Å²) in [5, 5.41) is 12.2. The van der Waals surface area contributed by atoms with Crippen molar-refractivity contribution in [2.75, 3.05) is 12.9 Å². The molecule has 2 aromatic rings.